The molecule has 2 rings (SSSR count). The smallest absolute Gasteiger partial charge is 0.322 e. The fourth-order valence-corrected chi connectivity index (χ4v) is 3.58. The molecule has 1 aliphatic rings. The van der Waals surface area contributed by atoms with Crippen LogP contribution in [0.15, 0.2) is 17.3 Å². The molecule has 1 aliphatic heterocycles. The molecule has 1 fully saturated rings. The number of aromatic nitrogens is 2. The van der Waals surface area contributed by atoms with E-state index in [0.717, 1.165) is 4.31 Å². The van der Waals surface area contributed by atoms with Gasteiger partial charge in [-0.2, -0.15) is 9.40 Å². The highest BCUT2D eigenvalue weighted by atomic mass is 32.2. The van der Waals surface area contributed by atoms with Crippen molar-refractivity contribution in [2.75, 3.05) is 6.54 Å². The van der Waals surface area contributed by atoms with E-state index in [2.05, 4.69) is 5.10 Å². The molecule has 1 aromatic rings. The lowest BCUT2D eigenvalue weighted by Crippen LogP contribution is -2.40. The van der Waals surface area contributed by atoms with Gasteiger partial charge in [0.1, 0.15) is 10.9 Å². The molecular formula is C9H13N3O4S. The van der Waals surface area contributed by atoms with Crippen molar-refractivity contribution in [2.45, 2.75) is 23.8 Å². The first kappa shape index (κ1) is 12.1. The van der Waals surface area contributed by atoms with Gasteiger partial charge in [0.25, 0.3) is 0 Å². The Bertz CT molecular complexity index is 536. The highest BCUT2D eigenvalue weighted by molar-refractivity contribution is 7.89. The van der Waals surface area contributed by atoms with Crippen LogP contribution >= 0.6 is 0 Å². The predicted molar refractivity (Wildman–Crippen MR) is 57.8 cm³/mol. The average Bonchev–Trinajstić information content (AvgIpc) is 2.84. The monoisotopic (exact) mass is 259 g/mol. The number of sulfonamides is 1. The van der Waals surface area contributed by atoms with Gasteiger partial charge in [0.05, 0.1) is 6.20 Å². The summed E-state index contributed by atoms with van der Waals surface area (Å²) in [6.45, 7) is 0.244. The van der Waals surface area contributed by atoms with E-state index in [1.807, 2.05) is 0 Å². The van der Waals surface area contributed by atoms with Gasteiger partial charge in [-0.05, 0) is 12.8 Å². The van der Waals surface area contributed by atoms with E-state index in [1.54, 1.807) is 7.05 Å². The molecule has 94 valence electrons. The number of hydrogen-bond donors (Lipinski definition) is 1. The minimum absolute atomic E-state index is 0.0353. The summed E-state index contributed by atoms with van der Waals surface area (Å²) in [4.78, 5) is 11.0. The SMILES string of the molecule is Cn1cc(S(=O)(=O)N2CCC[C@@H]2C(=O)O)cn1. The highest BCUT2D eigenvalue weighted by Gasteiger charge is 2.39. The van der Waals surface area contributed by atoms with Crippen LogP contribution in [0.4, 0.5) is 0 Å². The summed E-state index contributed by atoms with van der Waals surface area (Å²) in [5, 5.41) is 12.8. The molecule has 0 bridgehead atoms. The Morgan fingerprint density at radius 1 is 1.59 bits per heavy atom. The van der Waals surface area contributed by atoms with Crippen molar-refractivity contribution in [1.29, 1.82) is 0 Å². The third kappa shape index (κ3) is 2.05. The minimum atomic E-state index is -3.74. The van der Waals surface area contributed by atoms with Crippen molar-refractivity contribution in [3.8, 4) is 0 Å². The van der Waals surface area contributed by atoms with Gasteiger partial charge in [0.15, 0.2) is 0 Å². The van der Waals surface area contributed by atoms with Crippen molar-refractivity contribution < 1.29 is 18.3 Å². The Hall–Kier alpha value is -1.41. The molecule has 0 amide bonds. The summed E-state index contributed by atoms with van der Waals surface area (Å²) in [6, 6.07) is -0.958. The van der Waals surface area contributed by atoms with Gasteiger partial charge in [0, 0.05) is 19.8 Å². The van der Waals surface area contributed by atoms with Gasteiger partial charge in [0.2, 0.25) is 10.0 Å². The molecule has 1 atom stereocenters. The lowest BCUT2D eigenvalue weighted by molar-refractivity contribution is -0.140. The van der Waals surface area contributed by atoms with Gasteiger partial charge in [-0.15, -0.1) is 0 Å². The number of carboxylic acid groups (broad SMARTS) is 1. The van der Waals surface area contributed by atoms with Crippen LogP contribution in [-0.4, -0.2) is 46.2 Å². The minimum Gasteiger partial charge on any atom is -0.480 e. The fraction of sp³-hybridized carbons (Fsp3) is 0.556. The normalized spacial score (nSPS) is 21.8. The molecule has 2 heterocycles. The fourth-order valence-electron chi connectivity index (χ4n) is 1.94. The Kier molecular flexibility index (Phi) is 2.92. The second-order valence-corrected chi connectivity index (χ2v) is 5.85. The average molecular weight is 259 g/mol. The highest BCUT2D eigenvalue weighted by Crippen LogP contribution is 2.25. The summed E-state index contributed by atoms with van der Waals surface area (Å²) in [6.07, 6.45) is 3.52. The summed E-state index contributed by atoms with van der Waals surface area (Å²) < 4.78 is 26.8. The molecule has 0 unspecified atom stereocenters. The van der Waals surface area contributed by atoms with Gasteiger partial charge in [-0.25, -0.2) is 8.42 Å². The van der Waals surface area contributed by atoms with E-state index in [0.29, 0.717) is 12.8 Å². The Labute approximate surface area is 98.7 Å². The quantitative estimate of drug-likeness (QED) is 0.801. The molecule has 0 radical (unpaired) electrons. The molecular weight excluding hydrogens is 246 g/mol. The molecule has 0 saturated carbocycles. The van der Waals surface area contributed by atoms with Crippen LogP contribution in [0.5, 0.6) is 0 Å². The molecule has 17 heavy (non-hydrogen) atoms. The van der Waals surface area contributed by atoms with Crippen molar-refractivity contribution in [1.82, 2.24) is 14.1 Å². The molecule has 0 aromatic carbocycles. The maximum Gasteiger partial charge on any atom is 0.322 e. The Morgan fingerprint density at radius 3 is 2.82 bits per heavy atom. The zero-order valence-electron chi connectivity index (χ0n) is 9.28. The van der Waals surface area contributed by atoms with Crippen LogP contribution in [0.2, 0.25) is 0 Å². The molecule has 1 saturated heterocycles. The lowest BCUT2D eigenvalue weighted by atomic mass is 10.2. The van der Waals surface area contributed by atoms with Crippen LogP contribution in [0.1, 0.15) is 12.8 Å². The van der Waals surface area contributed by atoms with E-state index < -0.39 is 22.0 Å². The van der Waals surface area contributed by atoms with Crippen molar-refractivity contribution in [3.05, 3.63) is 12.4 Å². The van der Waals surface area contributed by atoms with E-state index in [1.165, 1.54) is 17.1 Å². The third-order valence-corrected chi connectivity index (χ3v) is 4.64. The molecule has 1 aromatic heterocycles. The number of carbonyl (C=O) groups is 1. The zero-order valence-corrected chi connectivity index (χ0v) is 10.1. The maximum absolute atomic E-state index is 12.2. The van der Waals surface area contributed by atoms with E-state index >= 15 is 0 Å². The van der Waals surface area contributed by atoms with Crippen LogP contribution in [0.25, 0.3) is 0 Å². The molecule has 7 nitrogen and oxygen atoms in total. The van der Waals surface area contributed by atoms with Gasteiger partial charge in [-0.1, -0.05) is 0 Å². The van der Waals surface area contributed by atoms with E-state index in [9.17, 15) is 13.2 Å². The van der Waals surface area contributed by atoms with Crippen molar-refractivity contribution >= 4 is 16.0 Å². The Balaban J connectivity index is 2.36. The topological polar surface area (TPSA) is 92.5 Å². The number of hydrogen-bond acceptors (Lipinski definition) is 4. The first-order valence-electron chi connectivity index (χ1n) is 5.16. The first-order chi connectivity index (χ1) is 7.93. The van der Waals surface area contributed by atoms with Gasteiger partial charge in [-0.3, -0.25) is 9.48 Å². The summed E-state index contributed by atoms with van der Waals surface area (Å²) in [5.41, 5.74) is 0. The van der Waals surface area contributed by atoms with Crippen molar-refractivity contribution in [3.63, 3.8) is 0 Å². The summed E-state index contributed by atoms with van der Waals surface area (Å²) in [7, 11) is -2.13. The third-order valence-electron chi connectivity index (χ3n) is 2.78. The van der Waals surface area contributed by atoms with Gasteiger partial charge >= 0.3 is 5.97 Å². The maximum atomic E-state index is 12.2. The van der Waals surface area contributed by atoms with Crippen molar-refractivity contribution in [2.24, 2.45) is 7.05 Å². The van der Waals surface area contributed by atoms with E-state index in [4.69, 9.17) is 5.11 Å². The molecule has 0 spiro atoms. The summed E-state index contributed by atoms with van der Waals surface area (Å²) in [5.74, 6) is -1.10. The van der Waals surface area contributed by atoms with Crippen LogP contribution in [0.3, 0.4) is 0 Å². The predicted octanol–water partition coefficient (Wildman–Crippen LogP) is -0.342. The van der Waals surface area contributed by atoms with Crippen LogP contribution in [0, 0.1) is 0 Å². The molecule has 8 heteroatoms. The largest absolute Gasteiger partial charge is 0.480 e. The van der Waals surface area contributed by atoms with E-state index in [-0.39, 0.29) is 11.4 Å². The van der Waals surface area contributed by atoms with Gasteiger partial charge < -0.3 is 5.11 Å². The van der Waals surface area contributed by atoms with Crippen LogP contribution in [-0.2, 0) is 21.9 Å². The number of carboxylic acids is 1. The second-order valence-electron chi connectivity index (χ2n) is 3.96. The first-order valence-corrected chi connectivity index (χ1v) is 6.60. The number of aryl methyl sites for hydroxylation is 1. The number of nitrogens with zero attached hydrogens (tertiary/aromatic N) is 3. The summed E-state index contributed by atoms with van der Waals surface area (Å²) >= 11 is 0. The Morgan fingerprint density at radius 2 is 2.29 bits per heavy atom. The standard InChI is InChI=1S/C9H13N3O4S/c1-11-6-7(5-10-11)17(15,16)12-4-2-3-8(12)9(13)14/h5-6,8H,2-4H2,1H3,(H,13,14)/t8-/m1/s1. The molecule has 0 aliphatic carbocycles. The number of aliphatic carboxylic acids is 1. The lowest BCUT2D eigenvalue weighted by Gasteiger charge is -2.19. The second kappa shape index (κ2) is 4.11. The zero-order chi connectivity index (χ0) is 12.6. The van der Waals surface area contributed by atoms with Crippen LogP contribution < -0.4 is 0 Å². The number of rotatable bonds is 3. The molecule has 1 N–H and O–H groups in total.